The Labute approximate surface area is 362 Å². The predicted octanol–water partition coefficient (Wildman–Crippen LogP) is 11.7. The molecule has 0 aromatic rings. The summed E-state index contributed by atoms with van der Waals surface area (Å²) < 4.78 is 26.8. The van der Waals surface area contributed by atoms with Gasteiger partial charge in [-0.05, 0) is 96.3 Å². The van der Waals surface area contributed by atoms with Gasteiger partial charge in [-0.1, -0.05) is 143 Å². The van der Waals surface area contributed by atoms with Crippen molar-refractivity contribution in [3.63, 3.8) is 0 Å². The van der Waals surface area contributed by atoms with Gasteiger partial charge in [-0.15, -0.1) is 0 Å². The van der Waals surface area contributed by atoms with Crippen molar-refractivity contribution in [2.24, 2.45) is 0 Å². The molecule has 60 heavy (non-hydrogen) atoms. The first kappa shape index (κ1) is 56.4. The molecule has 0 aromatic carbocycles. The van der Waals surface area contributed by atoms with E-state index in [1.807, 2.05) is 12.2 Å². The van der Waals surface area contributed by atoms with E-state index in [1.54, 1.807) is 0 Å². The number of unbranched alkanes of at least 4 members (excludes halogenated alkanes) is 10. The smallest absolute Gasteiger partial charge is 0.472 e. The van der Waals surface area contributed by atoms with Crippen LogP contribution < -0.4 is 5.32 Å². The highest BCUT2D eigenvalue weighted by molar-refractivity contribution is 7.47. The van der Waals surface area contributed by atoms with E-state index in [9.17, 15) is 34.1 Å². The maximum absolute atomic E-state index is 12.3. The molecule has 12 heteroatoms. The lowest BCUT2D eigenvalue weighted by Gasteiger charge is -2.18. The van der Waals surface area contributed by atoms with E-state index in [0.29, 0.717) is 19.3 Å². The third-order valence-electron chi connectivity index (χ3n) is 8.85. The van der Waals surface area contributed by atoms with Crippen LogP contribution in [0.4, 0.5) is 0 Å². The van der Waals surface area contributed by atoms with Gasteiger partial charge in [-0.2, -0.15) is 0 Å². The first-order valence-corrected chi connectivity index (χ1v) is 23.8. The minimum atomic E-state index is -4.79. The summed E-state index contributed by atoms with van der Waals surface area (Å²) in [5, 5.41) is 21.8. The fraction of sp³-hybridized carbons (Fsp3) is 0.604. The number of phosphoric acid groups is 1. The molecule has 0 aliphatic carbocycles. The minimum Gasteiger partial charge on any atom is -0.480 e. The fourth-order valence-corrected chi connectivity index (χ4v) is 6.12. The van der Waals surface area contributed by atoms with Crippen LogP contribution >= 0.6 is 7.82 Å². The van der Waals surface area contributed by atoms with Crippen LogP contribution in [0.25, 0.3) is 0 Å². The average Bonchev–Trinajstić information content (AvgIpc) is 3.22. The molecule has 0 bridgehead atoms. The predicted molar refractivity (Wildman–Crippen MR) is 244 cm³/mol. The summed E-state index contributed by atoms with van der Waals surface area (Å²) in [5.41, 5.74) is 0. The molecule has 0 aliphatic heterocycles. The van der Waals surface area contributed by atoms with Crippen molar-refractivity contribution in [2.45, 2.75) is 167 Å². The van der Waals surface area contributed by atoms with Crippen LogP contribution in [0, 0.1) is 0 Å². The van der Waals surface area contributed by atoms with E-state index in [2.05, 4.69) is 104 Å². The van der Waals surface area contributed by atoms with Crippen molar-refractivity contribution in [1.82, 2.24) is 5.32 Å². The summed E-state index contributed by atoms with van der Waals surface area (Å²) in [4.78, 5) is 45.9. The highest BCUT2D eigenvalue weighted by Gasteiger charge is 2.28. The second-order valence-corrected chi connectivity index (χ2v) is 16.0. The van der Waals surface area contributed by atoms with Crippen molar-refractivity contribution in [3.8, 4) is 0 Å². The fourth-order valence-electron chi connectivity index (χ4n) is 5.35. The lowest BCUT2D eigenvalue weighted by molar-refractivity contribution is -0.147. The second kappa shape index (κ2) is 42.1. The number of carbonyl (C=O) groups is 3. The number of carboxylic acids is 1. The Morgan fingerprint density at radius 2 is 0.933 bits per heavy atom. The molecule has 0 aliphatic rings. The largest absolute Gasteiger partial charge is 0.480 e. The van der Waals surface area contributed by atoms with E-state index in [0.717, 1.165) is 64.2 Å². The Morgan fingerprint density at radius 3 is 1.37 bits per heavy atom. The van der Waals surface area contributed by atoms with Gasteiger partial charge < -0.3 is 25.2 Å². The monoisotopic (exact) mass is 860 g/mol. The normalized spacial score (nSPS) is 14.6. The molecular formula is C48H78NO10P. The highest BCUT2D eigenvalue weighted by Crippen LogP contribution is 2.43. The van der Waals surface area contributed by atoms with Crippen molar-refractivity contribution >= 4 is 25.7 Å². The van der Waals surface area contributed by atoms with Crippen molar-refractivity contribution in [1.29, 1.82) is 0 Å². The molecular weight excluding hydrogens is 781 g/mol. The number of hydrogen-bond acceptors (Lipinski definition) is 8. The molecule has 11 nitrogen and oxygen atoms in total. The van der Waals surface area contributed by atoms with Gasteiger partial charge in [-0.3, -0.25) is 18.6 Å². The van der Waals surface area contributed by atoms with Gasteiger partial charge in [0.15, 0.2) is 6.04 Å². The summed E-state index contributed by atoms with van der Waals surface area (Å²) in [6, 6.07) is -1.59. The Kier molecular flexibility index (Phi) is 39.6. The maximum atomic E-state index is 12.3. The van der Waals surface area contributed by atoms with E-state index < -0.39 is 57.6 Å². The number of carboxylic acid groups (broad SMARTS) is 1. The van der Waals surface area contributed by atoms with E-state index in [4.69, 9.17) is 13.8 Å². The molecule has 0 aromatic heterocycles. The van der Waals surface area contributed by atoms with Crippen LogP contribution in [0.5, 0.6) is 0 Å². The van der Waals surface area contributed by atoms with Crippen molar-refractivity contribution in [2.75, 3.05) is 19.8 Å². The zero-order valence-corrected chi connectivity index (χ0v) is 37.6. The molecule has 0 rings (SSSR count). The van der Waals surface area contributed by atoms with Crippen LogP contribution in [0.15, 0.2) is 97.2 Å². The Bertz CT molecular complexity index is 1380. The number of allylic oxidation sites excluding steroid dienone is 16. The lowest BCUT2D eigenvalue weighted by atomic mass is 10.1. The van der Waals surface area contributed by atoms with Crippen molar-refractivity contribution in [3.05, 3.63) is 97.2 Å². The van der Waals surface area contributed by atoms with Crippen LogP contribution in [0.1, 0.15) is 155 Å². The maximum Gasteiger partial charge on any atom is 0.472 e. The van der Waals surface area contributed by atoms with Crippen molar-refractivity contribution < 1.29 is 47.8 Å². The number of rotatable bonds is 40. The summed E-state index contributed by atoms with van der Waals surface area (Å²) in [6.45, 7) is 2.44. The molecule has 0 heterocycles. The molecule has 340 valence electrons. The van der Waals surface area contributed by atoms with Gasteiger partial charge in [0.25, 0.3) is 0 Å². The van der Waals surface area contributed by atoms with Gasteiger partial charge in [0.05, 0.1) is 13.2 Å². The number of aliphatic hydroxyl groups excluding tert-OH is 1. The van der Waals surface area contributed by atoms with Gasteiger partial charge in [-0.25, -0.2) is 9.36 Å². The first-order chi connectivity index (χ1) is 29.1. The van der Waals surface area contributed by atoms with Gasteiger partial charge in [0.1, 0.15) is 12.7 Å². The standard InChI is InChI=1S/C48H78NO10P/c1-3-5-7-9-11-13-15-17-19-21-22-24-26-28-30-32-34-36-38-40-47(52)57-41-44(50)42-58-60(55,56)59-43-45(48(53)54)49-46(51)39-37-35-33-31-29-27-25-23-20-18-16-14-12-10-8-6-4-2/h11-14,17-20,22,24-25,27-28,30-31,33,44-45,50H,3-10,15-16,21,23,26,29,32,34-43H2,1-2H3,(H,49,51)(H,53,54)(H,55,56)/b13-11-,14-12-,19-17-,20-18-,24-22-,27-25-,30-28-,33-31-. The Morgan fingerprint density at radius 1 is 0.533 bits per heavy atom. The third-order valence-corrected chi connectivity index (χ3v) is 9.80. The van der Waals surface area contributed by atoms with E-state index in [-0.39, 0.29) is 12.8 Å². The molecule has 1 amide bonds. The third kappa shape index (κ3) is 41.1. The zero-order valence-electron chi connectivity index (χ0n) is 36.7. The van der Waals surface area contributed by atoms with E-state index >= 15 is 0 Å². The summed E-state index contributed by atoms with van der Waals surface area (Å²) in [5.74, 6) is -2.50. The molecule has 0 fully saturated rings. The Balaban J connectivity index is 4.05. The average molecular weight is 860 g/mol. The second-order valence-electron chi connectivity index (χ2n) is 14.5. The number of phosphoric ester groups is 1. The number of amides is 1. The van der Waals surface area contributed by atoms with Crippen LogP contribution in [-0.2, 0) is 32.7 Å². The zero-order chi connectivity index (χ0) is 44.2. The quantitative estimate of drug-likeness (QED) is 0.0201. The number of nitrogens with one attached hydrogen (secondary N) is 1. The summed E-state index contributed by atoms with van der Waals surface area (Å²) in [7, 11) is -4.79. The Hall–Kier alpha value is -3.60. The van der Waals surface area contributed by atoms with Crippen LogP contribution in [0.3, 0.4) is 0 Å². The van der Waals surface area contributed by atoms with Crippen LogP contribution in [-0.4, -0.2) is 64.9 Å². The number of carbonyl (C=O) groups excluding carboxylic acids is 2. The number of aliphatic hydroxyl groups is 1. The lowest BCUT2D eigenvalue weighted by Crippen LogP contribution is -2.43. The molecule has 0 saturated heterocycles. The van der Waals surface area contributed by atoms with Gasteiger partial charge in [0.2, 0.25) is 5.91 Å². The van der Waals surface area contributed by atoms with E-state index in [1.165, 1.54) is 44.9 Å². The number of ether oxygens (including phenoxy) is 1. The molecule has 0 spiro atoms. The minimum absolute atomic E-state index is 0.0616. The van der Waals surface area contributed by atoms with Gasteiger partial charge >= 0.3 is 19.8 Å². The highest BCUT2D eigenvalue weighted by atomic mass is 31.2. The SMILES string of the molecule is CCCCC/C=C\C/C=C\C/C=C\C/C=C\CCCCCC(=O)OCC(O)COP(=O)(O)OCC(NC(=O)CCC/C=C\C/C=C\C/C=C\C/C=C\CCCCC)C(=O)O. The summed E-state index contributed by atoms with van der Waals surface area (Å²) >= 11 is 0. The molecule has 0 saturated carbocycles. The molecule has 0 radical (unpaired) electrons. The molecule has 3 unspecified atom stereocenters. The number of hydrogen-bond donors (Lipinski definition) is 4. The van der Waals surface area contributed by atoms with Crippen LogP contribution in [0.2, 0.25) is 0 Å². The van der Waals surface area contributed by atoms with Gasteiger partial charge in [0, 0.05) is 12.8 Å². The topological polar surface area (TPSA) is 169 Å². The molecule has 4 N–H and O–H groups in total. The number of aliphatic carboxylic acids is 1. The first-order valence-electron chi connectivity index (χ1n) is 22.3. The summed E-state index contributed by atoms with van der Waals surface area (Å²) in [6.07, 6.45) is 52.9. The molecule has 3 atom stereocenters. The number of esters is 1.